The van der Waals surface area contributed by atoms with E-state index in [9.17, 15) is 0 Å². The highest BCUT2D eigenvalue weighted by atomic mass is 16.3. The molecule has 0 aliphatic heterocycles. The predicted octanol–water partition coefficient (Wildman–Crippen LogP) is 3.42. The van der Waals surface area contributed by atoms with Gasteiger partial charge in [0.25, 0.3) is 0 Å². The molecule has 17 heavy (non-hydrogen) atoms. The average Bonchev–Trinajstić information content (AvgIpc) is 2.35. The molecule has 1 aromatic carbocycles. The highest BCUT2D eigenvalue weighted by Gasteiger charge is 2.27. The first-order valence-corrected chi connectivity index (χ1v) is 6.67. The number of nitrogens with one attached hydrogen (secondary N) is 1. The average molecular weight is 233 g/mol. The fraction of sp³-hybridized carbons (Fsp3) is 0.600. The van der Waals surface area contributed by atoms with Gasteiger partial charge in [-0.15, -0.1) is 0 Å². The maximum Gasteiger partial charge on any atom is 0.0681 e. The minimum atomic E-state index is 0.122. The summed E-state index contributed by atoms with van der Waals surface area (Å²) in [6.07, 6.45) is 4.03. The Morgan fingerprint density at radius 1 is 1.12 bits per heavy atom. The molecule has 2 N–H and O–H groups in total. The van der Waals surface area contributed by atoms with Gasteiger partial charge in [0, 0.05) is 11.7 Å². The largest absolute Gasteiger partial charge is 0.392 e. The van der Waals surface area contributed by atoms with Crippen LogP contribution in [0.5, 0.6) is 0 Å². The summed E-state index contributed by atoms with van der Waals surface area (Å²) in [5, 5.41) is 12.7. The quantitative estimate of drug-likeness (QED) is 0.838. The third-order valence-corrected chi connectivity index (χ3v) is 4.01. The Labute approximate surface area is 104 Å². The summed E-state index contributed by atoms with van der Waals surface area (Å²) in [5.74, 6) is 1.49. The Morgan fingerprint density at radius 2 is 1.71 bits per heavy atom. The second-order valence-corrected chi connectivity index (χ2v) is 5.41. The van der Waals surface area contributed by atoms with E-state index < -0.39 is 0 Å². The minimum Gasteiger partial charge on any atom is -0.392 e. The zero-order chi connectivity index (χ0) is 12.3. The van der Waals surface area contributed by atoms with Crippen molar-refractivity contribution >= 4 is 5.69 Å². The topological polar surface area (TPSA) is 32.3 Å². The summed E-state index contributed by atoms with van der Waals surface area (Å²) >= 11 is 0. The molecule has 0 saturated heterocycles. The van der Waals surface area contributed by atoms with Gasteiger partial charge in [-0.1, -0.05) is 32.4 Å². The molecule has 1 saturated carbocycles. The standard InChI is InChI=1S/C15H23NO/c1-11-4-3-5-12(2)15(11)16-14-8-6-13(10-17)7-9-14/h6-9,11-12,15-17H,3-5,10H2,1-2H3. The Kier molecular flexibility index (Phi) is 4.06. The molecule has 0 radical (unpaired) electrons. The van der Waals surface area contributed by atoms with Crippen LogP contribution in [0.25, 0.3) is 0 Å². The Hall–Kier alpha value is -1.02. The molecular formula is C15H23NO. The number of hydrogen-bond donors (Lipinski definition) is 2. The van der Waals surface area contributed by atoms with Crippen LogP contribution < -0.4 is 5.32 Å². The van der Waals surface area contributed by atoms with Crippen LogP contribution in [0, 0.1) is 11.8 Å². The van der Waals surface area contributed by atoms with Crippen molar-refractivity contribution in [1.29, 1.82) is 0 Å². The van der Waals surface area contributed by atoms with E-state index in [0.29, 0.717) is 6.04 Å². The Morgan fingerprint density at radius 3 is 2.24 bits per heavy atom. The fourth-order valence-corrected chi connectivity index (χ4v) is 2.87. The number of anilines is 1. The summed E-state index contributed by atoms with van der Waals surface area (Å²) in [4.78, 5) is 0. The zero-order valence-electron chi connectivity index (χ0n) is 10.8. The first-order valence-electron chi connectivity index (χ1n) is 6.67. The molecule has 1 fully saturated rings. The van der Waals surface area contributed by atoms with Gasteiger partial charge < -0.3 is 10.4 Å². The molecule has 0 amide bonds. The van der Waals surface area contributed by atoms with Gasteiger partial charge in [0.15, 0.2) is 0 Å². The maximum absolute atomic E-state index is 9.01. The summed E-state index contributed by atoms with van der Waals surface area (Å²) < 4.78 is 0. The molecule has 2 nitrogen and oxygen atoms in total. The van der Waals surface area contributed by atoms with Gasteiger partial charge in [0.05, 0.1) is 6.61 Å². The normalized spacial score (nSPS) is 29.0. The first kappa shape index (κ1) is 12.4. The van der Waals surface area contributed by atoms with E-state index in [1.807, 2.05) is 12.1 Å². The summed E-state index contributed by atoms with van der Waals surface area (Å²) in [6, 6.07) is 8.70. The van der Waals surface area contributed by atoms with Gasteiger partial charge >= 0.3 is 0 Å². The SMILES string of the molecule is CC1CCCC(C)C1Nc1ccc(CO)cc1. The van der Waals surface area contributed by atoms with Crippen molar-refractivity contribution in [3.05, 3.63) is 29.8 Å². The molecule has 2 heteroatoms. The van der Waals surface area contributed by atoms with E-state index in [4.69, 9.17) is 5.11 Å². The van der Waals surface area contributed by atoms with Crippen LogP contribution in [0.3, 0.4) is 0 Å². The van der Waals surface area contributed by atoms with Crippen LogP contribution in [0.15, 0.2) is 24.3 Å². The summed E-state index contributed by atoms with van der Waals surface area (Å²) in [6.45, 7) is 4.81. The maximum atomic E-state index is 9.01. The van der Waals surface area contributed by atoms with Crippen molar-refractivity contribution in [2.24, 2.45) is 11.8 Å². The van der Waals surface area contributed by atoms with Gasteiger partial charge in [-0.25, -0.2) is 0 Å². The lowest BCUT2D eigenvalue weighted by Crippen LogP contribution is -2.37. The van der Waals surface area contributed by atoms with Gasteiger partial charge in [0.2, 0.25) is 0 Å². The highest BCUT2D eigenvalue weighted by Crippen LogP contribution is 2.31. The number of benzene rings is 1. The van der Waals surface area contributed by atoms with E-state index in [-0.39, 0.29) is 6.61 Å². The van der Waals surface area contributed by atoms with Crippen molar-refractivity contribution in [3.63, 3.8) is 0 Å². The number of rotatable bonds is 3. The van der Waals surface area contributed by atoms with Crippen molar-refractivity contribution in [2.75, 3.05) is 5.32 Å². The van der Waals surface area contributed by atoms with Crippen molar-refractivity contribution < 1.29 is 5.11 Å². The number of aliphatic hydroxyl groups is 1. The lowest BCUT2D eigenvalue weighted by atomic mass is 9.78. The molecule has 0 aromatic heterocycles. The molecule has 2 unspecified atom stereocenters. The van der Waals surface area contributed by atoms with Crippen LogP contribution >= 0.6 is 0 Å². The molecule has 1 aromatic rings. The molecule has 0 heterocycles. The van der Waals surface area contributed by atoms with Crippen molar-refractivity contribution in [2.45, 2.75) is 45.8 Å². The van der Waals surface area contributed by atoms with E-state index in [0.717, 1.165) is 17.4 Å². The van der Waals surface area contributed by atoms with Gasteiger partial charge in [0.1, 0.15) is 0 Å². The molecule has 2 atom stereocenters. The molecule has 0 spiro atoms. The molecule has 94 valence electrons. The third-order valence-electron chi connectivity index (χ3n) is 4.01. The lowest BCUT2D eigenvalue weighted by Gasteiger charge is -2.35. The Bertz CT molecular complexity index is 336. The predicted molar refractivity (Wildman–Crippen MR) is 72.0 cm³/mol. The second kappa shape index (κ2) is 5.54. The summed E-state index contributed by atoms with van der Waals surface area (Å²) in [7, 11) is 0. The summed E-state index contributed by atoms with van der Waals surface area (Å²) in [5.41, 5.74) is 2.15. The van der Waals surface area contributed by atoms with Crippen LogP contribution in [0.2, 0.25) is 0 Å². The minimum absolute atomic E-state index is 0.122. The van der Waals surface area contributed by atoms with Crippen molar-refractivity contribution in [3.8, 4) is 0 Å². The highest BCUT2D eigenvalue weighted by molar-refractivity contribution is 5.45. The Balaban J connectivity index is 2.03. The van der Waals surface area contributed by atoms with Crippen LogP contribution in [0.4, 0.5) is 5.69 Å². The van der Waals surface area contributed by atoms with E-state index in [1.54, 1.807) is 0 Å². The molecule has 0 bridgehead atoms. The van der Waals surface area contributed by atoms with Gasteiger partial charge in [-0.2, -0.15) is 0 Å². The monoisotopic (exact) mass is 233 g/mol. The van der Waals surface area contributed by atoms with E-state index in [2.05, 4.69) is 31.3 Å². The van der Waals surface area contributed by atoms with Crippen molar-refractivity contribution in [1.82, 2.24) is 0 Å². The van der Waals surface area contributed by atoms with Crippen LogP contribution in [0.1, 0.15) is 38.7 Å². The van der Waals surface area contributed by atoms with Crippen LogP contribution in [-0.2, 0) is 6.61 Å². The molecule has 2 rings (SSSR count). The number of aliphatic hydroxyl groups excluding tert-OH is 1. The third kappa shape index (κ3) is 3.01. The second-order valence-electron chi connectivity index (χ2n) is 5.41. The smallest absolute Gasteiger partial charge is 0.0681 e. The van der Waals surface area contributed by atoms with Crippen LogP contribution in [-0.4, -0.2) is 11.1 Å². The zero-order valence-corrected chi connectivity index (χ0v) is 10.8. The molecular weight excluding hydrogens is 210 g/mol. The van der Waals surface area contributed by atoms with Gasteiger partial charge in [-0.05, 0) is 42.4 Å². The number of hydrogen-bond acceptors (Lipinski definition) is 2. The molecule has 1 aliphatic carbocycles. The van der Waals surface area contributed by atoms with Gasteiger partial charge in [-0.3, -0.25) is 0 Å². The first-order chi connectivity index (χ1) is 8.20. The van der Waals surface area contributed by atoms with E-state index in [1.165, 1.54) is 24.9 Å². The van der Waals surface area contributed by atoms with E-state index >= 15 is 0 Å². The molecule has 1 aliphatic rings. The lowest BCUT2D eigenvalue weighted by molar-refractivity contribution is 0.268. The fourth-order valence-electron chi connectivity index (χ4n) is 2.87.